The second-order valence-corrected chi connectivity index (χ2v) is 7.52. The molecule has 0 saturated heterocycles. The normalized spacial score (nSPS) is 11.2. The summed E-state index contributed by atoms with van der Waals surface area (Å²) in [5.41, 5.74) is 13.0. The van der Waals surface area contributed by atoms with E-state index in [1.165, 1.54) is 14.2 Å². The van der Waals surface area contributed by atoms with Crippen molar-refractivity contribution in [3.63, 3.8) is 0 Å². The van der Waals surface area contributed by atoms with Crippen molar-refractivity contribution in [3.05, 3.63) is 29.5 Å². The van der Waals surface area contributed by atoms with Gasteiger partial charge in [0.25, 0.3) is 10.1 Å². The third-order valence-corrected chi connectivity index (χ3v) is 4.26. The molecule has 154 valence electrons. The molecule has 10 nitrogen and oxygen atoms in total. The summed E-state index contributed by atoms with van der Waals surface area (Å²) in [6, 6.07) is 3.58. The van der Waals surface area contributed by atoms with Gasteiger partial charge in [-0.1, -0.05) is 0 Å². The minimum absolute atomic E-state index is 0.0258. The molecule has 0 atom stereocenters. The minimum atomic E-state index is -3.47. The van der Waals surface area contributed by atoms with E-state index in [0.29, 0.717) is 41.5 Å². The van der Waals surface area contributed by atoms with Crippen LogP contribution in [-0.2, 0) is 20.7 Å². The fourth-order valence-corrected chi connectivity index (χ4v) is 2.83. The van der Waals surface area contributed by atoms with E-state index in [4.69, 9.17) is 25.7 Å². The van der Waals surface area contributed by atoms with Crippen molar-refractivity contribution < 1.29 is 26.8 Å². The third kappa shape index (κ3) is 6.13. The molecule has 2 aromatic rings. The van der Waals surface area contributed by atoms with E-state index in [2.05, 4.69) is 14.2 Å². The molecule has 11 heteroatoms. The van der Waals surface area contributed by atoms with Gasteiger partial charge in [0.05, 0.1) is 33.7 Å². The molecule has 1 aromatic carbocycles. The van der Waals surface area contributed by atoms with Crippen LogP contribution in [-0.4, -0.2) is 52.1 Å². The molecule has 0 fully saturated rings. The van der Waals surface area contributed by atoms with Crippen molar-refractivity contribution in [2.24, 2.45) is 0 Å². The van der Waals surface area contributed by atoms with Gasteiger partial charge in [-0.3, -0.25) is 4.18 Å². The Labute approximate surface area is 163 Å². The second kappa shape index (κ2) is 9.42. The Bertz CT molecular complexity index is 895. The Morgan fingerprint density at radius 1 is 1.07 bits per heavy atom. The number of hydrogen-bond donors (Lipinski definition) is 2. The number of ether oxygens (including phenoxy) is 3. The van der Waals surface area contributed by atoms with Crippen LogP contribution in [0.2, 0.25) is 0 Å². The molecular formula is C17H24N4O6S. The van der Waals surface area contributed by atoms with Crippen LogP contribution in [0.15, 0.2) is 18.3 Å². The van der Waals surface area contributed by atoms with Crippen LogP contribution in [0.25, 0.3) is 0 Å². The number of hydrogen-bond acceptors (Lipinski definition) is 10. The van der Waals surface area contributed by atoms with Gasteiger partial charge >= 0.3 is 0 Å². The van der Waals surface area contributed by atoms with Crippen molar-refractivity contribution in [2.45, 2.75) is 12.8 Å². The first-order chi connectivity index (χ1) is 13.2. The average molecular weight is 412 g/mol. The Morgan fingerprint density at radius 3 is 2.25 bits per heavy atom. The summed E-state index contributed by atoms with van der Waals surface area (Å²) in [5.74, 6) is 1.76. The van der Waals surface area contributed by atoms with Crippen molar-refractivity contribution in [2.75, 3.05) is 45.2 Å². The number of methoxy groups -OCH3 is 2. The van der Waals surface area contributed by atoms with Gasteiger partial charge in [0.15, 0.2) is 11.5 Å². The maximum Gasteiger partial charge on any atom is 0.264 e. The number of nitrogens with two attached hydrogens (primary N) is 2. The first-order valence-corrected chi connectivity index (χ1v) is 10.1. The highest BCUT2D eigenvalue weighted by molar-refractivity contribution is 7.85. The number of benzene rings is 1. The molecular weight excluding hydrogens is 388 g/mol. The van der Waals surface area contributed by atoms with E-state index in [0.717, 1.165) is 11.8 Å². The summed E-state index contributed by atoms with van der Waals surface area (Å²) in [6.45, 7) is 0.248. The van der Waals surface area contributed by atoms with E-state index < -0.39 is 10.1 Å². The zero-order valence-electron chi connectivity index (χ0n) is 16.0. The van der Waals surface area contributed by atoms with Gasteiger partial charge in [-0.05, 0) is 17.7 Å². The van der Waals surface area contributed by atoms with Crippen LogP contribution in [0, 0.1) is 0 Å². The lowest BCUT2D eigenvalue weighted by Crippen LogP contribution is -2.09. The molecule has 1 heterocycles. The molecule has 4 N–H and O–H groups in total. The molecule has 0 bridgehead atoms. The second-order valence-electron chi connectivity index (χ2n) is 5.87. The summed E-state index contributed by atoms with van der Waals surface area (Å²) < 4.78 is 43.2. The van der Waals surface area contributed by atoms with E-state index in [1.807, 2.05) is 0 Å². The SMILES string of the molecule is COc1cc(Cc2cnc(N)nc2N)cc(OC)c1OCCCOS(C)(=O)=O. The molecule has 1 aromatic heterocycles. The monoisotopic (exact) mass is 412 g/mol. The highest BCUT2D eigenvalue weighted by atomic mass is 32.2. The Kier molecular flexibility index (Phi) is 7.24. The van der Waals surface area contributed by atoms with Gasteiger partial charge in [0.1, 0.15) is 5.82 Å². The maximum absolute atomic E-state index is 11.0. The summed E-state index contributed by atoms with van der Waals surface area (Å²) in [7, 11) is -0.444. The first kappa shape index (κ1) is 21.5. The molecule has 0 aliphatic heterocycles. The average Bonchev–Trinajstić information content (AvgIpc) is 2.63. The third-order valence-electron chi connectivity index (χ3n) is 3.66. The Balaban J connectivity index is 2.14. The highest BCUT2D eigenvalue weighted by Gasteiger charge is 2.16. The number of rotatable bonds is 10. The van der Waals surface area contributed by atoms with Crippen LogP contribution in [0.4, 0.5) is 11.8 Å². The van der Waals surface area contributed by atoms with Gasteiger partial charge in [0.2, 0.25) is 11.7 Å². The lowest BCUT2D eigenvalue weighted by Gasteiger charge is -2.16. The van der Waals surface area contributed by atoms with E-state index >= 15 is 0 Å². The van der Waals surface area contributed by atoms with E-state index in [-0.39, 0.29) is 19.2 Å². The molecule has 0 saturated carbocycles. The van der Waals surface area contributed by atoms with Gasteiger partial charge in [-0.25, -0.2) is 4.98 Å². The van der Waals surface area contributed by atoms with Crippen molar-refractivity contribution in [3.8, 4) is 17.2 Å². The quantitative estimate of drug-likeness (QED) is 0.427. The fraction of sp³-hybridized carbons (Fsp3) is 0.412. The Morgan fingerprint density at radius 2 is 1.71 bits per heavy atom. The molecule has 0 spiro atoms. The standard InChI is InChI=1S/C17H24N4O6S/c1-24-13-8-11(7-12-10-20-17(19)21-16(12)18)9-14(25-2)15(13)26-5-4-6-27-28(3,22)23/h8-10H,4-7H2,1-3H3,(H4,18,19,20,21). The molecule has 0 aliphatic rings. The molecule has 0 radical (unpaired) electrons. The molecule has 0 amide bonds. The van der Waals surface area contributed by atoms with Crippen LogP contribution in [0.1, 0.15) is 17.5 Å². The summed E-state index contributed by atoms with van der Waals surface area (Å²) in [4.78, 5) is 7.91. The zero-order chi connectivity index (χ0) is 20.7. The first-order valence-electron chi connectivity index (χ1n) is 8.32. The predicted molar refractivity (Wildman–Crippen MR) is 104 cm³/mol. The number of aromatic nitrogens is 2. The molecule has 0 aliphatic carbocycles. The Hall–Kier alpha value is -2.79. The van der Waals surface area contributed by atoms with Gasteiger partial charge in [-0.2, -0.15) is 13.4 Å². The van der Waals surface area contributed by atoms with Crippen molar-refractivity contribution >= 4 is 21.9 Å². The highest BCUT2D eigenvalue weighted by Crippen LogP contribution is 2.39. The summed E-state index contributed by atoms with van der Waals surface area (Å²) in [6.07, 6.45) is 3.39. The lowest BCUT2D eigenvalue weighted by atomic mass is 10.1. The topological polar surface area (TPSA) is 149 Å². The van der Waals surface area contributed by atoms with Crippen LogP contribution >= 0.6 is 0 Å². The number of nitrogen functional groups attached to an aromatic ring is 2. The number of anilines is 2. The smallest absolute Gasteiger partial charge is 0.264 e. The van der Waals surface area contributed by atoms with Crippen molar-refractivity contribution in [1.29, 1.82) is 0 Å². The lowest BCUT2D eigenvalue weighted by molar-refractivity contribution is 0.236. The maximum atomic E-state index is 11.0. The van der Waals surface area contributed by atoms with Crippen molar-refractivity contribution in [1.82, 2.24) is 9.97 Å². The molecule has 0 unspecified atom stereocenters. The largest absolute Gasteiger partial charge is 0.493 e. The zero-order valence-corrected chi connectivity index (χ0v) is 16.8. The van der Waals surface area contributed by atoms with E-state index in [9.17, 15) is 8.42 Å². The van der Waals surface area contributed by atoms with E-state index in [1.54, 1.807) is 18.3 Å². The van der Waals surface area contributed by atoms with Gasteiger partial charge in [0, 0.05) is 24.6 Å². The van der Waals surface area contributed by atoms with Crippen LogP contribution in [0.5, 0.6) is 17.2 Å². The van der Waals surface area contributed by atoms with Gasteiger partial charge in [-0.15, -0.1) is 0 Å². The predicted octanol–water partition coefficient (Wildman–Crippen LogP) is 0.994. The molecule has 28 heavy (non-hydrogen) atoms. The molecule has 2 rings (SSSR count). The minimum Gasteiger partial charge on any atom is -0.493 e. The summed E-state index contributed by atoms with van der Waals surface area (Å²) >= 11 is 0. The van der Waals surface area contributed by atoms with Crippen LogP contribution < -0.4 is 25.7 Å². The van der Waals surface area contributed by atoms with Gasteiger partial charge < -0.3 is 25.7 Å². The summed E-state index contributed by atoms with van der Waals surface area (Å²) in [5, 5.41) is 0. The van der Waals surface area contributed by atoms with Crippen LogP contribution in [0.3, 0.4) is 0 Å². The number of nitrogens with zero attached hydrogens (tertiary/aromatic N) is 2. The fourth-order valence-electron chi connectivity index (χ4n) is 2.41.